The highest BCUT2D eigenvalue weighted by Crippen LogP contribution is 2.35. The zero-order chi connectivity index (χ0) is 11.8. The van der Waals surface area contributed by atoms with Crippen LogP contribution in [0.3, 0.4) is 0 Å². The van der Waals surface area contributed by atoms with Crippen molar-refractivity contribution in [2.45, 2.75) is 30.8 Å². The van der Waals surface area contributed by atoms with E-state index in [0.29, 0.717) is 26.0 Å². The fourth-order valence-corrected chi connectivity index (χ4v) is 1.93. The number of amides is 1. The van der Waals surface area contributed by atoms with Crippen molar-refractivity contribution in [1.29, 1.82) is 0 Å². The number of carbonyl (C=O) groups excluding carboxylic acids is 1. The molecule has 1 atom stereocenters. The van der Waals surface area contributed by atoms with Crippen molar-refractivity contribution in [3.63, 3.8) is 0 Å². The molecule has 1 aliphatic carbocycles. The van der Waals surface area contributed by atoms with Gasteiger partial charge in [-0.05, 0) is 12.8 Å². The molecule has 0 aromatic heterocycles. The van der Waals surface area contributed by atoms with E-state index in [1.807, 2.05) is 0 Å². The molecule has 2 aliphatic rings. The van der Waals surface area contributed by atoms with Gasteiger partial charge in [0.2, 0.25) is 5.91 Å². The lowest BCUT2D eigenvalue weighted by Crippen LogP contribution is -2.55. The average molecular weight is 228 g/mol. The Hall–Kier alpha value is -1.14. The van der Waals surface area contributed by atoms with E-state index in [1.54, 1.807) is 4.90 Å². The van der Waals surface area contributed by atoms with Crippen LogP contribution in [-0.4, -0.2) is 53.2 Å². The Bertz CT molecular complexity index is 314. The molecule has 0 aromatic rings. The predicted octanol–water partition coefficient (Wildman–Crippen LogP) is -0.820. The number of rotatable bonds is 3. The molecular formula is C10H16N2O4. The van der Waals surface area contributed by atoms with E-state index in [-0.39, 0.29) is 25.0 Å². The maximum atomic E-state index is 12.0. The van der Waals surface area contributed by atoms with Crippen LogP contribution in [0.25, 0.3) is 0 Å². The third-order valence-electron chi connectivity index (χ3n) is 3.11. The van der Waals surface area contributed by atoms with E-state index in [9.17, 15) is 9.59 Å². The van der Waals surface area contributed by atoms with Crippen molar-refractivity contribution >= 4 is 11.9 Å². The number of carbonyl (C=O) groups is 2. The second-order valence-corrected chi connectivity index (χ2v) is 4.48. The number of aliphatic carboxylic acids is 1. The van der Waals surface area contributed by atoms with Gasteiger partial charge in [0, 0.05) is 6.54 Å². The quantitative estimate of drug-likeness (QED) is 0.658. The van der Waals surface area contributed by atoms with Gasteiger partial charge in [-0.1, -0.05) is 0 Å². The van der Waals surface area contributed by atoms with Gasteiger partial charge >= 0.3 is 5.97 Å². The standard InChI is InChI=1S/C10H16N2O4/c11-10(1-2-10)9(15)12-3-4-16-6-7(12)5-8(13)14/h7H,1-6,11H2,(H,13,14). The van der Waals surface area contributed by atoms with Crippen molar-refractivity contribution in [2.75, 3.05) is 19.8 Å². The highest BCUT2D eigenvalue weighted by molar-refractivity contribution is 5.89. The summed E-state index contributed by atoms with van der Waals surface area (Å²) in [7, 11) is 0. The van der Waals surface area contributed by atoms with Crippen molar-refractivity contribution in [3.05, 3.63) is 0 Å². The Morgan fingerprint density at radius 3 is 2.75 bits per heavy atom. The number of nitrogens with two attached hydrogens (primary N) is 1. The molecular weight excluding hydrogens is 212 g/mol. The molecule has 90 valence electrons. The van der Waals surface area contributed by atoms with Crippen molar-refractivity contribution < 1.29 is 19.4 Å². The fraction of sp³-hybridized carbons (Fsp3) is 0.800. The first-order valence-corrected chi connectivity index (χ1v) is 5.42. The van der Waals surface area contributed by atoms with Crippen LogP contribution in [-0.2, 0) is 14.3 Å². The minimum atomic E-state index is -0.921. The molecule has 6 heteroatoms. The number of carboxylic acid groups (broad SMARTS) is 1. The van der Waals surface area contributed by atoms with Gasteiger partial charge < -0.3 is 20.5 Å². The normalized spacial score (nSPS) is 27.6. The van der Waals surface area contributed by atoms with E-state index >= 15 is 0 Å². The molecule has 1 aliphatic heterocycles. The molecule has 1 amide bonds. The number of carboxylic acids is 1. The van der Waals surface area contributed by atoms with Crippen LogP contribution >= 0.6 is 0 Å². The largest absolute Gasteiger partial charge is 0.481 e. The van der Waals surface area contributed by atoms with Gasteiger partial charge in [0.25, 0.3) is 0 Å². The number of hydrogen-bond acceptors (Lipinski definition) is 4. The molecule has 0 aromatic carbocycles. The second kappa shape index (κ2) is 4.03. The Morgan fingerprint density at radius 1 is 1.50 bits per heavy atom. The first kappa shape index (κ1) is 11.3. The van der Waals surface area contributed by atoms with E-state index in [1.165, 1.54) is 0 Å². The van der Waals surface area contributed by atoms with E-state index in [2.05, 4.69) is 0 Å². The van der Waals surface area contributed by atoms with Gasteiger partial charge in [-0.15, -0.1) is 0 Å². The molecule has 1 unspecified atom stereocenters. The summed E-state index contributed by atoms with van der Waals surface area (Å²) in [6.45, 7) is 1.18. The molecule has 1 heterocycles. The Kier molecular flexibility index (Phi) is 2.86. The first-order chi connectivity index (χ1) is 7.53. The lowest BCUT2D eigenvalue weighted by atomic mass is 10.1. The monoisotopic (exact) mass is 228 g/mol. The number of nitrogens with zero attached hydrogens (tertiary/aromatic N) is 1. The highest BCUT2D eigenvalue weighted by atomic mass is 16.5. The van der Waals surface area contributed by atoms with Gasteiger partial charge in [-0.2, -0.15) is 0 Å². The van der Waals surface area contributed by atoms with Crippen molar-refractivity contribution in [2.24, 2.45) is 5.73 Å². The van der Waals surface area contributed by atoms with Crippen LogP contribution < -0.4 is 5.73 Å². The second-order valence-electron chi connectivity index (χ2n) is 4.48. The molecule has 2 rings (SSSR count). The average Bonchev–Trinajstić information content (AvgIpc) is 2.97. The van der Waals surface area contributed by atoms with Crippen LogP contribution in [0.2, 0.25) is 0 Å². The highest BCUT2D eigenvalue weighted by Gasteiger charge is 2.49. The Labute approximate surface area is 93.3 Å². The van der Waals surface area contributed by atoms with Gasteiger partial charge in [0.05, 0.1) is 31.2 Å². The van der Waals surface area contributed by atoms with E-state index in [4.69, 9.17) is 15.6 Å². The van der Waals surface area contributed by atoms with Gasteiger partial charge in [0.1, 0.15) is 0 Å². The van der Waals surface area contributed by atoms with Gasteiger partial charge in [-0.3, -0.25) is 9.59 Å². The van der Waals surface area contributed by atoms with E-state index in [0.717, 1.165) is 0 Å². The van der Waals surface area contributed by atoms with Crippen LogP contribution in [0.1, 0.15) is 19.3 Å². The molecule has 0 radical (unpaired) electrons. The molecule has 2 fully saturated rings. The zero-order valence-electron chi connectivity index (χ0n) is 9.02. The maximum Gasteiger partial charge on any atom is 0.305 e. The summed E-state index contributed by atoms with van der Waals surface area (Å²) < 4.78 is 5.20. The first-order valence-electron chi connectivity index (χ1n) is 5.42. The zero-order valence-corrected chi connectivity index (χ0v) is 9.02. The van der Waals surface area contributed by atoms with Crippen molar-refractivity contribution in [3.8, 4) is 0 Å². The third-order valence-corrected chi connectivity index (χ3v) is 3.11. The Morgan fingerprint density at radius 2 is 2.19 bits per heavy atom. The van der Waals surface area contributed by atoms with Crippen LogP contribution in [0, 0.1) is 0 Å². The summed E-state index contributed by atoms with van der Waals surface area (Å²) >= 11 is 0. The Balaban J connectivity index is 2.04. The molecule has 16 heavy (non-hydrogen) atoms. The third kappa shape index (κ3) is 2.17. The summed E-state index contributed by atoms with van der Waals surface area (Å²) in [4.78, 5) is 24.3. The van der Waals surface area contributed by atoms with Crippen LogP contribution in [0.15, 0.2) is 0 Å². The number of ether oxygens (including phenoxy) is 1. The smallest absolute Gasteiger partial charge is 0.305 e. The number of hydrogen-bond donors (Lipinski definition) is 2. The van der Waals surface area contributed by atoms with Crippen LogP contribution in [0.5, 0.6) is 0 Å². The summed E-state index contributed by atoms with van der Waals surface area (Å²) in [5, 5.41) is 8.76. The van der Waals surface area contributed by atoms with Crippen LogP contribution in [0.4, 0.5) is 0 Å². The summed E-state index contributed by atoms with van der Waals surface area (Å²) in [5.74, 6) is -1.04. The van der Waals surface area contributed by atoms with Crippen molar-refractivity contribution in [1.82, 2.24) is 4.90 Å². The summed E-state index contributed by atoms with van der Waals surface area (Å²) in [5.41, 5.74) is 5.11. The molecule has 1 saturated carbocycles. The lowest BCUT2D eigenvalue weighted by Gasteiger charge is -2.36. The molecule has 0 bridgehead atoms. The van der Waals surface area contributed by atoms with Gasteiger partial charge in [-0.25, -0.2) is 0 Å². The maximum absolute atomic E-state index is 12.0. The molecule has 1 saturated heterocycles. The molecule has 0 spiro atoms. The SMILES string of the molecule is NC1(C(=O)N2CCOCC2CC(=O)O)CC1. The summed E-state index contributed by atoms with van der Waals surface area (Å²) in [6, 6.07) is -0.375. The minimum Gasteiger partial charge on any atom is -0.481 e. The fourth-order valence-electron chi connectivity index (χ4n) is 1.93. The van der Waals surface area contributed by atoms with Gasteiger partial charge in [0.15, 0.2) is 0 Å². The lowest BCUT2D eigenvalue weighted by molar-refractivity contribution is -0.147. The topological polar surface area (TPSA) is 92.9 Å². The van der Waals surface area contributed by atoms with E-state index < -0.39 is 11.5 Å². The summed E-state index contributed by atoms with van der Waals surface area (Å²) in [6.07, 6.45) is 1.31. The number of morpholine rings is 1. The molecule has 6 nitrogen and oxygen atoms in total. The minimum absolute atomic E-state index is 0.0815. The molecule has 3 N–H and O–H groups in total. The predicted molar refractivity (Wildman–Crippen MR) is 54.7 cm³/mol.